The van der Waals surface area contributed by atoms with Gasteiger partial charge in [-0.05, 0) is 43.7 Å². The first-order chi connectivity index (χ1) is 14.0. The second-order valence-electron chi connectivity index (χ2n) is 6.39. The Morgan fingerprint density at radius 1 is 1.24 bits per heavy atom. The van der Waals surface area contributed by atoms with Gasteiger partial charge in [0.15, 0.2) is 0 Å². The molecule has 2 heterocycles. The SMILES string of the molecule is CCOC(=O)c1cccc(NC(=O)CC[C@@H]2NC(=O)N(Cc3ccco3)C2=O)c1. The summed E-state index contributed by atoms with van der Waals surface area (Å²) in [5, 5.41) is 5.26. The minimum atomic E-state index is -0.769. The van der Waals surface area contributed by atoms with Crippen molar-refractivity contribution in [3.63, 3.8) is 0 Å². The van der Waals surface area contributed by atoms with Crippen LogP contribution in [0.25, 0.3) is 0 Å². The fourth-order valence-electron chi connectivity index (χ4n) is 2.92. The molecule has 0 radical (unpaired) electrons. The molecule has 1 atom stereocenters. The lowest BCUT2D eigenvalue weighted by Gasteiger charge is -2.11. The zero-order valence-corrected chi connectivity index (χ0v) is 15.8. The fourth-order valence-corrected chi connectivity index (χ4v) is 2.92. The van der Waals surface area contributed by atoms with E-state index < -0.39 is 23.9 Å². The van der Waals surface area contributed by atoms with Gasteiger partial charge in [0.1, 0.15) is 11.8 Å². The maximum absolute atomic E-state index is 12.4. The van der Waals surface area contributed by atoms with Gasteiger partial charge in [0.05, 0.1) is 25.0 Å². The molecular formula is C20H21N3O6. The third-order valence-electron chi connectivity index (χ3n) is 4.32. The van der Waals surface area contributed by atoms with E-state index >= 15 is 0 Å². The first-order valence-electron chi connectivity index (χ1n) is 9.19. The van der Waals surface area contributed by atoms with Crippen LogP contribution in [0.5, 0.6) is 0 Å². The molecule has 1 aliphatic rings. The number of urea groups is 1. The van der Waals surface area contributed by atoms with Crippen molar-refractivity contribution in [1.29, 1.82) is 0 Å². The molecular weight excluding hydrogens is 378 g/mol. The number of nitrogens with one attached hydrogen (secondary N) is 2. The number of benzene rings is 1. The molecule has 9 nitrogen and oxygen atoms in total. The van der Waals surface area contributed by atoms with E-state index in [2.05, 4.69) is 10.6 Å². The van der Waals surface area contributed by atoms with E-state index in [0.29, 0.717) is 17.0 Å². The van der Waals surface area contributed by atoms with Crippen LogP contribution in [0.2, 0.25) is 0 Å². The molecule has 0 bridgehead atoms. The Hall–Kier alpha value is -3.62. The van der Waals surface area contributed by atoms with Gasteiger partial charge in [0.2, 0.25) is 5.91 Å². The van der Waals surface area contributed by atoms with Crippen molar-refractivity contribution in [2.45, 2.75) is 32.4 Å². The van der Waals surface area contributed by atoms with Crippen LogP contribution >= 0.6 is 0 Å². The third kappa shape index (κ3) is 5.01. The van der Waals surface area contributed by atoms with E-state index in [4.69, 9.17) is 9.15 Å². The summed E-state index contributed by atoms with van der Waals surface area (Å²) in [7, 11) is 0. The molecule has 4 amide bonds. The van der Waals surface area contributed by atoms with Crippen molar-refractivity contribution in [2.75, 3.05) is 11.9 Å². The van der Waals surface area contributed by atoms with Gasteiger partial charge in [-0.25, -0.2) is 9.59 Å². The first-order valence-corrected chi connectivity index (χ1v) is 9.19. The molecule has 1 aromatic carbocycles. The summed E-state index contributed by atoms with van der Waals surface area (Å²) >= 11 is 0. The molecule has 9 heteroatoms. The van der Waals surface area contributed by atoms with Gasteiger partial charge in [-0.15, -0.1) is 0 Å². The standard InChI is InChI=1S/C20H21N3O6/c1-2-28-19(26)13-5-3-6-14(11-13)21-17(24)9-8-16-18(25)23(20(27)22-16)12-15-7-4-10-29-15/h3-7,10-11,16H,2,8-9,12H2,1H3,(H,21,24)(H,22,27)/t16-/m0/s1. The van der Waals surface area contributed by atoms with Gasteiger partial charge in [-0.2, -0.15) is 0 Å². The van der Waals surface area contributed by atoms with Crippen molar-refractivity contribution in [3.8, 4) is 0 Å². The maximum atomic E-state index is 12.4. The highest BCUT2D eigenvalue weighted by molar-refractivity contribution is 6.04. The topological polar surface area (TPSA) is 118 Å². The highest BCUT2D eigenvalue weighted by Crippen LogP contribution is 2.17. The minimum absolute atomic E-state index is 0.0227. The van der Waals surface area contributed by atoms with Crippen LogP contribution in [0.15, 0.2) is 47.1 Å². The molecule has 1 aliphatic heterocycles. The summed E-state index contributed by atoms with van der Waals surface area (Å²) < 4.78 is 10.1. The molecule has 1 fully saturated rings. The summed E-state index contributed by atoms with van der Waals surface area (Å²) in [5.41, 5.74) is 0.776. The number of imide groups is 1. The Morgan fingerprint density at radius 2 is 2.07 bits per heavy atom. The molecule has 0 unspecified atom stereocenters. The van der Waals surface area contributed by atoms with E-state index in [0.717, 1.165) is 4.90 Å². The van der Waals surface area contributed by atoms with Gasteiger partial charge in [0, 0.05) is 12.1 Å². The van der Waals surface area contributed by atoms with Crippen molar-refractivity contribution in [2.24, 2.45) is 0 Å². The summed E-state index contributed by atoms with van der Waals surface area (Å²) in [5.74, 6) is -0.714. The Morgan fingerprint density at radius 3 is 2.79 bits per heavy atom. The number of esters is 1. The number of hydrogen-bond donors (Lipinski definition) is 2. The van der Waals surface area contributed by atoms with E-state index in [9.17, 15) is 19.2 Å². The van der Waals surface area contributed by atoms with Crippen LogP contribution in [-0.2, 0) is 20.9 Å². The number of carbonyl (C=O) groups is 4. The number of rotatable bonds is 8. The predicted octanol–water partition coefficient (Wildman–Crippen LogP) is 2.30. The van der Waals surface area contributed by atoms with Gasteiger partial charge < -0.3 is 19.8 Å². The van der Waals surface area contributed by atoms with Crippen LogP contribution < -0.4 is 10.6 Å². The molecule has 0 spiro atoms. The zero-order chi connectivity index (χ0) is 20.8. The second-order valence-corrected chi connectivity index (χ2v) is 6.39. The Kier molecular flexibility index (Phi) is 6.28. The van der Waals surface area contributed by atoms with Crippen molar-refractivity contribution in [3.05, 3.63) is 54.0 Å². The van der Waals surface area contributed by atoms with E-state index in [1.54, 1.807) is 37.3 Å². The van der Waals surface area contributed by atoms with Crippen LogP contribution in [0.4, 0.5) is 10.5 Å². The predicted molar refractivity (Wildman–Crippen MR) is 102 cm³/mol. The average Bonchev–Trinajstić information content (AvgIpc) is 3.31. The number of anilines is 1. The van der Waals surface area contributed by atoms with Gasteiger partial charge in [0.25, 0.3) is 5.91 Å². The van der Waals surface area contributed by atoms with Crippen molar-refractivity contribution in [1.82, 2.24) is 10.2 Å². The molecule has 2 N–H and O–H groups in total. The lowest BCUT2D eigenvalue weighted by molar-refractivity contribution is -0.128. The number of ether oxygens (including phenoxy) is 1. The maximum Gasteiger partial charge on any atom is 0.338 e. The molecule has 1 aromatic heterocycles. The van der Waals surface area contributed by atoms with Crippen LogP contribution in [-0.4, -0.2) is 41.4 Å². The van der Waals surface area contributed by atoms with Gasteiger partial charge >= 0.3 is 12.0 Å². The van der Waals surface area contributed by atoms with Gasteiger partial charge in [-0.3, -0.25) is 14.5 Å². The molecule has 29 heavy (non-hydrogen) atoms. The number of amides is 4. The number of carbonyl (C=O) groups excluding carboxylic acids is 4. The largest absolute Gasteiger partial charge is 0.467 e. The molecule has 0 aliphatic carbocycles. The van der Waals surface area contributed by atoms with Crippen molar-refractivity contribution < 1.29 is 28.3 Å². The first kappa shape index (κ1) is 20.1. The Bertz CT molecular complexity index is 909. The zero-order valence-electron chi connectivity index (χ0n) is 15.8. The Labute approximate surface area is 167 Å². The lowest BCUT2D eigenvalue weighted by Crippen LogP contribution is -2.31. The monoisotopic (exact) mass is 399 g/mol. The lowest BCUT2D eigenvalue weighted by atomic mass is 10.1. The molecule has 0 saturated carbocycles. The smallest absolute Gasteiger partial charge is 0.338 e. The van der Waals surface area contributed by atoms with Gasteiger partial charge in [-0.1, -0.05) is 6.07 Å². The van der Waals surface area contributed by atoms with E-state index in [1.807, 2.05) is 0 Å². The normalized spacial score (nSPS) is 15.9. The second kappa shape index (κ2) is 9.05. The quantitative estimate of drug-likeness (QED) is 0.519. The van der Waals surface area contributed by atoms with Crippen LogP contribution in [0.1, 0.15) is 35.9 Å². The number of nitrogens with zero attached hydrogens (tertiary/aromatic N) is 1. The summed E-state index contributed by atoms with van der Waals surface area (Å²) in [4.78, 5) is 49.5. The van der Waals surface area contributed by atoms with Crippen molar-refractivity contribution >= 4 is 29.5 Å². The number of furan rings is 1. The fraction of sp³-hybridized carbons (Fsp3) is 0.300. The van der Waals surface area contributed by atoms with E-state index in [-0.39, 0.29) is 31.9 Å². The highest BCUT2D eigenvalue weighted by Gasteiger charge is 2.38. The molecule has 152 valence electrons. The van der Waals surface area contributed by atoms with E-state index in [1.165, 1.54) is 12.3 Å². The molecule has 3 rings (SSSR count). The summed E-state index contributed by atoms with van der Waals surface area (Å²) in [6, 6.07) is 8.45. The Balaban J connectivity index is 1.52. The highest BCUT2D eigenvalue weighted by atomic mass is 16.5. The minimum Gasteiger partial charge on any atom is -0.467 e. The third-order valence-corrected chi connectivity index (χ3v) is 4.32. The summed E-state index contributed by atoms with van der Waals surface area (Å²) in [6.45, 7) is 2.01. The average molecular weight is 399 g/mol. The summed E-state index contributed by atoms with van der Waals surface area (Å²) in [6.07, 6.45) is 1.64. The molecule has 2 aromatic rings. The van der Waals surface area contributed by atoms with Crippen LogP contribution in [0.3, 0.4) is 0 Å². The molecule has 1 saturated heterocycles. The van der Waals surface area contributed by atoms with Crippen LogP contribution in [0, 0.1) is 0 Å². The number of hydrogen-bond acceptors (Lipinski definition) is 6.